The summed E-state index contributed by atoms with van der Waals surface area (Å²) in [4.78, 5) is 12.8. The minimum Gasteiger partial charge on any atom is -0.489 e. The number of rotatable bonds is 9. The molecule has 7 nitrogen and oxygen atoms in total. The van der Waals surface area contributed by atoms with Gasteiger partial charge in [-0.25, -0.2) is 4.79 Å². The van der Waals surface area contributed by atoms with Gasteiger partial charge in [0.15, 0.2) is 6.10 Å². The monoisotopic (exact) mass is 594 g/mol. The molecule has 0 saturated heterocycles. The van der Waals surface area contributed by atoms with Crippen molar-refractivity contribution in [3.05, 3.63) is 130 Å². The van der Waals surface area contributed by atoms with Gasteiger partial charge in [-0.15, -0.1) is 0 Å². The minimum atomic E-state index is -0.844. The fourth-order valence-corrected chi connectivity index (χ4v) is 4.95. The van der Waals surface area contributed by atoms with Crippen LogP contribution in [0.25, 0.3) is 0 Å². The number of hydrogen-bond acceptors (Lipinski definition) is 7. The lowest BCUT2D eigenvalue weighted by atomic mass is 9.83. The Hall–Kier alpha value is -4.93. The Labute approximate surface area is 256 Å². The van der Waals surface area contributed by atoms with Crippen LogP contribution in [0.15, 0.2) is 102 Å². The number of benzene rings is 4. The first-order valence-electron chi connectivity index (χ1n) is 13.9. The predicted octanol–water partition coefficient (Wildman–Crippen LogP) is 7.63. The van der Waals surface area contributed by atoms with Gasteiger partial charge in [0.2, 0.25) is 5.88 Å². The van der Waals surface area contributed by atoms with E-state index in [4.69, 9.17) is 36.3 Å². The standard InChI is InChI=1S/C35H31ClN2O5/c1-21(2)23-8-14-27(15-9-23)41-22(3)35(39)42-28-16-17-29-32(18-28)43-34(38)30(19-37)33(29)24-10-12-26(13-11-24)40-20-25-6-4-5-7-31(25)36/h4-18,21-22,33H,20,38H2,1-3H3. The van der Waals surface area contributed by atoms with Crippen molar-refractivity contribution < 1.29 is 23.7 Å². The van der Waals surface area contributed by atoms with Gasteiger partial charge in [0.05, 0.1) is 5.92 Å². The van der Waals surface area contributed by atoms with E-state index < -0.39 is 18.0 Å². The molecule has 0 amide bonds. The van der Waals surface area contributed by atoms with Crippen LogP contribution in [0.2, 0.25) is 5.02 Å². The lowest BCUT2D eigenvalue weighted by molar-refractivity contribution is -0.141. The molecular weight excluding hydrogens is 564 g/mol. The maximum absolute atomic E-state index is 12.8. The Kier molecular flexibility index (Phi) is 8.89. The zero-order valence-corrected chi connectivity index (χ0v) is 24.8. The average molecular weight is 595 g/mol. The van der Waals surface area contributed by atoms with Crippen LogP contribution in [0.3, 0.4) is 0 Å². The van der Waals surface area contributed by atoms with Crippen LogP contribution >= 0.6 is 11.6 Å². The molecule has 0 fully saturated rings. The molecule has 4 aromatic rings. The highest BCUT2D eigenvalue weighted by molar-refractivity contribution is 6.31. The molecule has 5 rings (SSSR count). The molecule has 1 heterocycles. The van der Waals surface area contributed by atoms with Crippen LogP contribution < -0.4 is 24.7 Å². The van der Waals surface area contributed by atoms with Crippen LogP contribution in [0.1, 0.15) is 54.9 Å². The fraction of sp³-hybridized carbons (Fsp3) is 0.200. The SMILES string of the molecule is CC(Oc1ccc(C(C)C)cc1)C(=O)Oc1ccc2c(c1)OC(N)=C(C#N)C2c1ccc(OCc2ccccc2Cl)cc1. The molecule has 0 spiro atoms. The summed E-state index contributed by atoms with van der Waals surface area (Å²) in [5.74, 6) is 1.24. The average Bonchev–Trinajstić information content (AvgIpc) is 3.00. The van der Waals surface area contributed by atoms with Crippen molar-refractivity contribution in [1.29, 1.82) is 5.26 Å². The van der Waals surface area contributed by atoms with E-state index in [-0.39, 0.29) is 17.2 Å². The second kappa shape index (κ2) is 12.9. The number of hydrogen-bond donors (Lipinski definition) is 1. The van der Waals surface area contributed by atoms with Gasteiger partial charge < -0.3 is 24.7 Å². The molecular formula is C35H31ClN2O5. The quantitative estimate of drug-likeness (QED) is 0.157. The first-order chi connectivity index (χ1) is 20.7. The van der Waals surface area contributed by atoms with E-state index in [0.29, 0.717) is 40.4 Å². The highest BCUT2D eigenvalue weighted by Gasteiger charge is 2.31. The van der Waals surface area contributed by atoms with Gasteiger partial charge in [-0.1, -0.05) is 74.0 Å². The number of halogens is 1. The third kappa shape index (κ3) is 6.77. The van der Waals surface area contributed by atoms with Crippen LogP contribution in [-0.4, -0.2) is 12.1 Å². The molecule has 2 N–H and O–H groups in total. The molecule has 0 radical (unpaired) electrons. The van der Waals surface area contributed by atoms with Crippen LogP contribution in [-0.2, 0) is 11.4 Å². The van der Waals surface area contributed by atoms with E-state index in [0.717, 1.165) is 11.1 Å². The van der Waals surface area contributed by atoms with Crippen LogP contribution in [0, 0.1) is 11.3 Å². The number of allylic oxidation sites excluding steroid dienone is 1. The van der Waals surface area contributed by atoms with Gasteiger partial charge in [-0.05, 0) is 60.4 Å². The largest absolute Gasteiger partial charge is 0.489 e. The molecule has 0 saturated carbocycles. The van der Waals surface area contributed by atoms with E-state index in [1.165, 1.54) is 5.56 Å². The molecule has 218 valence electrons. The number of ether oxygens (including phenoxy) is 4. The Morgan fingerprint density at radius 1 is 0.953 bits per heavy atom. The molecule has 8 heteroatoms. The van der Waals surface area contributed by atoms with Crippen molar-refractivity contribution in [2.24, 2.45) is 5.73 Å². The molecule has 43 heavy (non-hydrogen) atoms. The summed E-state index contributed by atoms with van der Waals surface area (Å²) in [6, 6.07) is 29.8. The van der Waals surface area contributed by atoms with Crippen molar-refractivity contribution in [2.45, 2.75) is 45.3 Å². The highest BCUT2D eigenvalue weighted by Crippen LogP contribution is 2.43. The number of nitriles is 1. The summed E-state index contributed by atoms with van der Waals surface area (Å²) < 4.78 is 23.1. The predicted molar refractivity (Wildman–Crippen MR) is 164 cm³/mol. The second-order valence-corrected chi connectivity index (χ2v) is 10.9. The van der Waals surface area contributed by atoms with E-state index in [2.05, 4.69) is 19.9 Å². The second-order valence-electron chi connectivity index (χ2n) is 10.5. The number of fused-ring (bicyclic) bond motifs is 1. The highest BCUT2D eigenvalue weighted by atomic mass is 35.5. The van der Waals surface area contributed by atoms with Gasteiger partial charge in [-0.2, -0.15) is 5.26 Å². The Morgan fingerprint density at radius 2 is 1.63 bits per heavy atom. The summed E-state index contributed by atoms with van der Waals surface area (Å²) in [6.07, 6.45) is -0.844. The molecule has 0 bridgehead atoms. The summed E-state index contributed by atoms with van der Waals surface area (Å²) in [5.41, 5.74) is 10.1. The smallest absolute Gasteiger partial charge is 0.352 e. The van der Waals surface area contributed by atoms with E-state index in [1.807, 2.05) is 72.8 Å². The van der Waals surface area contributed by atoms with Gasteiger partial charge >= 0.3 is 5.97 Å². The van der Waals surface area contributed by atoms with Gasteiger partial charge in [0.25, 0.3) is 0 Å². The Morgan fingerprint density at radius 3 is 2.30 bits per heavy atom. The topological polar surface area (TPSA) is 104 Å². The van der Waals surface area contributed by atoms with Crippen molar-refractivity contribution in [3.8, 4) is 29.1 Å². The maximum Gasteiger partial charge on any atom is 0.352 e. The first-order valence-corrected chi connectivity index (χ1v) is 14.3. The lowest BCUT2D eigenvalue weighted by Gasteiger charge is -2.27. The number of carbonyl (C=O) groups excluding carboxylic acids is 1. The molecule has 1 aliphatic heterocycles. The molecule has 0 aromatic heterocycles. The molecule has 1 aliphatic rings. The normalized spacial score (nSPS) is 14.7. The summed E-state index contributed by atoms with van der Waals surface area (Å²) in [7, 11) is 0. The number of esters is 1. The fourth-order valence-electron chi connectivity index (χ4n) is 4.76. The summed E-state index contributed by atoms with van der Waals surface area (Å²) in [5, 5.41) is 10.6. The summed E-state index contributed by atoms with van der Waals surface area (Å²) >= 11 is 6.24. The Bertz CT molecular complexity index is 1690. The Balaban J connectivity index is 1.30. The lowest BCUT2D eigenvalue weighted by Crippen LogP contribution is -2.28. The number of nitrogens with zero attached hydrogens (tertiary/aromatic N) is 1. The van der Waals surface area contributed by atoms with Crippen LogP contribution in [0.4, 0.5) is 0 Å². The van der Waals surface area contributed by atoms with Crippen molar-refractivity contribution in [1.82, 2.24) is 0 Å². The molecule has 4 aromatic carbocycles. The third-order valence-corrected chi connectivity index (χ3v) is 7.53. The molecule has 2 unspecified atom stereocenters. The van der Waals surface area contributed by atoms with Crippen molar-refractivity contribution >= 4 is 17.6 Å². The molecule has 0 aliphatic carbocycles. The minimum absolute atomic E-state index is 0.0101. The van der Waals surface area contributed by atoms with Gasteiger partial charge in [-0.3, -0.25) is 0 Å². The maximum atomic E-state index is 12.8. The zero-order chi connectivity index (χ0) is 30.5. The third-order valence-electron chi connectivity index (χ3n) is 7.17. The number of nitrogens with two attached hydrogens (primary N) is 1. The number of carbonyl (C=O) groups is 1. The van der Waals surface area contributed by atoms with E-state index >= 15 is 0 Å². The zero-order valence-electron chi connectivity index (χ0n) is 24.0. The van der Waals surface area contributed by atoms with Crippen molar-refractivity contribution in [3.63, 3.8) is 0 Å². The van der Waals surface area contributed by atoms with Gasteiger partial charge in [0.1, 0.15) is 41.2 Å². The van der Waals surface area contributed by atoms with Crippen molar-refractivity contribution in [2.75, 3.05) is 0 Å². The van der Waals surface area contributed by atoms with E-state index in [1.54, 1.807) is 25.1 Å². The molecule has 2 atom stereocenters. The summed E-state index contributed by atoms with van der Waals surface area (Å²) in [6.45, 7) is 6.18. The van der Waals surface area contributed by atoms with E-state index in [9.17, 15) is 10.1 Å². The van der Waals surface area contributed by atoms with Gasteiger partial charge in [0, 0.05) is 22.2 Å². The van der Waals surface area contributed by atoms with Crippen LogP contribution in [0.5, 0.6) is 23.0 Å². The first kappa shape index (κ1) is 29.6.